The van der Waals surface area contributed by atoms with E-state index in [4.69, 9.17) is 0 Å². The van der Waals surface area contributed by atoms with E-state index in [1.165, 1.54) is 38.6 Å². The number of aromatic nitrogens is 2. The van der Waals surface area contributed by atoms with Crippen molar-refractivity contribution < 1.29 is 20.1 Å². The second-order valence-corrected chi connectivity index (χ2v) is 18.0. The van der Waals surface area contributed by atoms with Crippen LogP contribution in [-0.4, -0.2) is 18.0 Å². The van der Waals surface area contributed by atoms with E-state index in [0.717, 1.165) is 28.9 Å². The summed E-state index contributed by atoms with van der Waals surface area (Å²) >= 11 is 0. The van der Waals surface area contributed by atoms with E-state index in [1.807, 2.05) is 42.6 Å². The molecule has 0 aliphatic rings. The molecule has 0 saturated heterocycles. The van der Waals surface area contributed by atoms with Crippen molar-refractivity contribution in [2.24, 2.45) is 5.92 Å². The molecule has 0 N–H and O–H groups in total. The topological polar surface area (TPSA) is 25.8 Å². The Morgan fingerprint density at radius 2 is 1.24 bits per heavy atom. The molecule has 0 aliphatic carbocycles. The fraction of sp³-hybridized carbons (Fsp3) is 0.190. The van der Waals surface area contributed by atoms with Crippen LogP contribution in [0.1, 0.15) is 25.0 Å². The molecule has 0 bridgehead atoms. The summed E-state index contributed by atoms with van der Waals surface area (Å²) in [4.78, 5) is 9.33. The summed E-state index contributed by atoms with van der Waals surface area (Å²) in [6, 6.07) is 46.2. The third-order valence-corrected chi connectivity index (χ3v) is 9.85. The molecule has 0 atom stereocenters. The molecule has 0 aliphatic heterocycles. The third kappa shape index (κ3) is 9.07. The predicted molar refractivity (Wildman–Crippen MR) is 194 cm³/mol. The molecule has 235 valence electrons. The first-order chi connectivity index (χ1) is 21.7. The number of hydrogen-bond donors (Lipinski definition) is 0. The van der Waals surface area contributed by atoms with Crippen LogP contribution in [0.3, 0.4) is 0 Å². The van der Waals surface area contributed by atoms with E-state index in [9.17, 15) is 0 Å². The summed E-state index contributed by atoms with van der Waals surface area (Å²) < 4.78 is 0. The quantitative estimate of drug-likeness (QED) is 0.119. The van der Waals surface area contributed by atoms with Gasteiger partial charge >= 0.3 is 0 Å². The fourth-order valence-electron chi connectivity index (χ4n) is 5.51. The molecule has 46 heavy (non-hydrogen) atoms. The van der Waals surface area contributed by atoms with Crippen LogP contribution in [0.25, 0.3) is 44.8 Å². The maximum atomic E-state index is 4.69. The van der Waals surface area contributed by atoms with E-state index in [1.54, 1.807) is 0 Å². The molecule has 6 aromatic rings. The monoisotopic (exact) mass is 795 g/mol. The van der Waals surface area contributed by atoms with Crippen LogP contribution >= 0.6 is 0 Å². The summed E-state index contributed by atoms with van der Waals surface area (Å²) in [5.41, 5.74) is 11.5. The largest absolute Gasteiger partial charge is 0.305 e. The Labute approximate surface area is 290 Å². The summed E-state index contributed by atoms with van der Waals surface area (Å²) in [5, 5.41) is 1.49. The van der Waals surface area contributed by atoms with Crippen LogP contribution in [-0.2, 0) is 26.5 Å². The SMILES string of the molecule is CC(C)Cc1cc(-c2[c-]cccc2)ncc1[Si](C)(C)C.Cc1cnc(-c2[c-]ccc(-c3ccccc3)c2)cc1-c1ccccc1.[Ir]. The Bertz CT molecular complexity index is 1830. The standard InChI is InChI=1S/C24H18N.C18H24NSi.Ir/c1-18-17-25-24(16-23(18)20-11-6-3-7-12-20)22-14-8-13-21(15-22)19-9-4-2-5-10-19;1-14(2)11-16-12-17(15-9-7-6-8-10-15)19-13-18(16)20(3,4)5;/h2-13,15-17H,1H3;6-9,12-14H,11H2,1-5H3;/q2*-1;. The van der Waals surface area contributed by atoms with Gasteiger partial charge in [0, 0.05) is 32.5 Å². The molecule has 0 amide bonds. The molecular weight excluding hydrogens is 753 g/mol. The van der Waals surface area contributed by atoms with Gasteiger partial charge in [0.2, 0.25) is 0 Å². The summed E-state index contributed by atoms with van der Waals surface area (Å²) in [6.07, 6.45) is 5.18. The van der Waals surface area contributed by atoms with Crippen molar-refractivity contribution in [2.45, 2.75) is 46.8 Å². The van der Waals surface area contributed by atoms with Gasteiger partial charge in [-0.2, -0.15) is 0 Å². The summed E-state index contributed by atoms with van der Waals surface area (Å²) in [6.45, 7) is 13.8. The van der Waals surface area contributed by atoms with Crippen LogP contribution in [0, 0.1) is 25.0 Å². The Balaban J connectivity index is 0.000000210. The van der Waals surface area contributed by atoms with Crippen LogP contribution in [0.15, 0.2) is 128 Å². The van der Waals surface area contributed by atoms with Gasteiger partial charge in [-0.25, -0.2) is 0 Å². The minimum atomic E-state index is -1.34. The zero-order valence-electron chi connectivity index (χ0n) is 27.6. The number of benzene rings is 4. The van der Waals surface area contributed by atoms with E-state index >= 15 is 0 Å². The van der Waals surface area contributed by atoms with Gasteiger partial charge in [0.1, 0.15) is 0 Å². The molecule has 0 saturated carbocycles. The van der Waals surface area contributed by atoms with Gasteiger partial charge in [0.05, 0.1) is 8.07 Å². The fourth-order valence-corrected chi connectivity index (χ4v) is 7.09. The van der Waals surface area contributed by atoms with Gasteiger partial charge in [0.25, 0.3) is 0 Å². The number of hydrogen-bond acceptors (Lipinski definition) is 2. The molecule has 2 heterocycles. The number of aryl methyl sites for hydroxylation is 1. The van der Waals surface area contributed by atoms with Crippen LogP contribution in [0.5, 0.6) is 0 Å². The molecule has 2 aromatic heterocycles. The Morgan fingerprint density at radius 3 is 1.87 bits per heavy atom. The first kappa shape index (κ1) is 34.9. The normalized spacial score (nSPS) is 10.9. The van der Waals surface area contributed by atoms with Crippen molar-refractivity contribution in [2.75, 3.05) is 0 Å². The van der Waals surface area contributed by atoms with Gasteiger partial charge in [-0.15, -0.1) is 71.3 Å². The van der Waals surface area contributed by atoms with Crippen molar-refractivity contribution in [3.63, 3.8) is 0 Å². The Morgan fingerprint density at radius 1 is 0.630 bits per heavy atom. The van der Waals surface area contributed by atoms with Gasteiger partial charge in [-0.05, 0) is 58.1 Å². The minimum absolute atomic E-state index is 0. The molecule has 0 spiro atoms. The summed E-state index contributed by atoms with van der Waals surface area (Å²) in [7, 11) is -1.34. The van der Waals surface area contributed by atoms with Crippen molar-refractivity contribution in [3.8, 4) is 44.8 Å². The maximum absolute atomic E-state index is 4.69. The number of rotatable bonds is 7. The smallest absolute Gasteiger partial charge is 0.0798 e. The van der Waals surface area contributed by atoms with Crippen molar-refractivity contribution in [1.29, 1.82) is 0 Å². The minimum Gasteiger partial charge on any atom is -0.305 e. The molecule has 1 radical (unpaired) electrons. The average molecular weight is 795 g/mol. The number of pyridine rings is 2. The second-order valence-electron chi connectivity index (χ2n) is 13.0. The van der Waals surface area contributed by atoms with Crippen LogP contribution < -0.4 is 5.19 Å². The van der Waals surface area contributed by atoms with E-state index < -0.39 is 8.07 Å². The number of nitrogens with zero attached hydrogens (tertiary/aromatic N) is 2. The van der Waals surface area contributed by atoms with Gasteiger partial charge in [0.15, 0.2) is 0 Å². The molecule has 6 rings (SSSR count). The van der Waals surface area contributed by atoms with Crippen LogP contribution in [0.4, 0.5) is 0 Å². The molecule has 0 fully saturated rings. The first-order valence-electron chi connectivity index (χ1n) is 15.7. The molecule has 4 aromatic carbocycles. The van der Waals surface area contributed by atoms with Gasteiger partial charge in [-0.3, -0.25) is 0 Å². The second kappa shape index (κ2) is 16.0. The van der Waals surface area contributed by atoms with E-state index in [2.05, 4.69) is 148 Å². The van der Waals surface area contributed by atoms with Gasteiger partial charge in [-0.1, -0.05) is 112 Å². The molecule has 4 heteroatoms. The van der Waals surface area contributed by atoms with E-state index in [-0.39, 0.29) is 20.1 Å². The zero-order chi connectivity index (χ0) is 31.8. The van der Waals surface area contributed by atoms with Crippen molar-refractivity contribution >= 4 is 13.3 Å². The molecule has 0 unspecified atom stereocenters. The third-order valence-electron chi connectivity index (χ3n) is 7.78. The first-order valence-corrected chi connectivity index (χ1v) is 19.2. The van der Waals surface area contributed by atoms with Crippen LogP contribution in [0.2, 0.25) is 19.6 Å². The Kier molecular flexibility index (Phi) is 12.2. The summed E-state index contributed by atoms with van der Waals surface area (Å²) in [5.74, 6) is 0.667. The molecule has 2 nitrogen and oxygen atoms in total. The Hall–Kier alpha value is -3.95. The zero-order valence-corrected chi connectivity index (χ0v) is 31.0. The maximum Gasteiger partial charge on any atom is 0.0798 e. The van der Waals surface area contributed by atoms with Crippen molar-refractivity contribution in [3.05, 3.63) is 151 Å². The average Bonchev–Trinajstić information content (AvgIpc) is 3.06. The van der Waals surface area contributed by atoms with E-state index in [0.29, 0.717) is 5.92 Å². The van der Waals surface area contributed by atoms with Gasteiger partial charge < -0.3 is 9.97 Å². The molecular formula is C42H42IrN2Si-2. The van der Waals surface area contributed by atoms with Crippen molar-refractivity contribution in [1.82, 2.24) is 9.97 Å². The predicted octanol–water partition coefficient (Wildman–Crippen LogP) is 10.5.